The Morgan fingerprint density at radius 2 is 2.18 bits per heavy atom. The Kier molecular flexibility index (Phi) is 3.50. The van der Waals surface area contributed by atoms with Gasteiger partial charge in [0.2, 0.25) is 5.91 Å². The van der Waals surface area contributed by atoms with Crippen LogP contribution in [-0.4, -0.2) is 32.0 Å². The molecule has 1 amide bonds. The van der Waals surface area contributed by atoms with Crippen molar-refractivity contribution in [2.45, 2.75) is 19.8 Å². The van der Waals surface area contributed by atoms with Crippen molar-refractivity contribution in [2.24, 2.45) is 17.3 Å². The molecular formula is C20H17FN6O. The molecule has 2 aliphatic rings. The lowest BCUT2D eigenvalue weighted by Crippen LogP contribution is -2.37. The second kappa shape index (κ2) is 5.83. The zero-order valence-electron chi connectivity index (χ0n) is 15.2. The fourth-order valence-electron chi connectivity index (χ4n) is 4.28. The van der Waals surface area contributed by atoms with Crippen LogP contribution in [0.2, 0.25) is 0 Å². The van der Waals surface area contributed by atoms with Crippen LogP contribution < -0.4 is 4.90 Å². The second-order valence-electron chi connectivity index (χ2n) is 7.55. The lowest BCUT2D eigenvalue weighted by Gasteiger charge is -2.23. The maximum atomic E-state index is 14.5. The van der Waals surface area contributed by atoms with Gasteiger partial charge in [-0.3, -0.25) is 14.7 Å². The summed E-state index contributed by atoms with van der Waals surface area (Å²) in [6.45, 7) is 2.24. The van der Waals surface area contributed by atoms with Crippen molar-refractivity contribution in [1.82, 2.24) is 19.6 Å². The number of halogens is 1. The van der Waals surface area contributed by atoms with Crippen LogP contribution in [0.25, 0.3) is 16.8 Å². The van der Waals surface area contributed by atoms with Gasteiger partial charge in [0.15, 0.2) is 11.6 Å². The number of rotatable bonds is 3. The van der Waals surface area contributed by atoms with Gasteiger partial charge in [0.1, 0.15) is 10.9 Å². The number of hydrogen-bond acceptors (Lipinski definition) is 5. The molecule has 0 aromatic carbocycles. The fraction of sp³-hybridized carbons (Fsp3) is 0.350. The Hall–Kier alpha value is -3.34. The number of pyridine rings is 1. The van der Waals surface area contributed by atoms with Gasteiger partial charge in [-0.05, 0) is 30.9 Å². The highest BCUT2D eigenvalue weighted by Crippen LogP contribution is 2.54. The van der Waals surface area contributed by atoms with E-state index in [1.165, 1.54) is 9.42 Å². The first-order valence-electron chi connectivity index (χ1n) is 9.23. The minimum Gasteiger partial charge on any atom is -0.293 e. The van der Waals surface area contributed by atoms with Gasteiger partial charge in [0.25, 0.3) is 0 Å². The van der Waals surface area contributed by atoms with Gasteiger partial charge in [-0.1, -0.05) is 6.92 Å². The van der Waals surface area contributed by atoms with E-state index in [9.17, 15) is 14.4 Å². The quantitative estimate of drug-likeness (QED) is 0.701. The zero-order chi connectivity index (χ0) is 19.5. The van der Waals surface area contributed by atoms with Crippen molar-refractivity contribution in [3.05, 3.63) is 42.7 Å². The Balaban J connectivity index is 1.70. The van der Waals surface area contributed by atoms with E-state index >= 15 is 0 Å². The fourth-order valence-corrected chi connectivity index (χ4v) is 4.28. The summed E-state index contributed by atoms with van der Waals surface area (Å²) in [5.74, 6) is -0.736. The van der Waals surface area contributed by atoms with Gasteiger partial charge in [0.05, 0.1) is 24.2 Å². The number of hydrogen-bond donors (Lipinski definition) is 0. The van der Waals surface area contributed by atoms with Gasteiger partial charge < -0.3 is 0 Å². The maximum Gasteiger partial charge on any atom is 0.249 e. The first kappa shape index (κ1) is 16.8. The van der Waals surface area contributed by atoms with Gasteiger partial charge >= 0.3 is 0 Å². The van der Waals surface area contributed by atoms with Crippen molar-refractivity contribution in [1.29, 1.82) is 5.26 Å². The molecule has 0 N–H and O–H groups in total. The predicted molar refractivity (Wildman–Crippen MR) is 98.5 cm³/mol. The highest BCUT2D eigenvalue weighted by Gasteiger charge is 2.61. The molecule has 28 heavy (non-hydrogen) atoms. The summed E-state index contributed by atoms with van der Waals surface area (Å²) in [6.07, 6.45) is 7.76. The van der Waals surface area contributed by atoms with Gasteiger partial charge in [-0.15, -0.1) is 0 Å². The first-order valence-corrected chi connectivity index (χ1v) is 9.23. The molecule has 3 aromatic rings. The normalized spacial score (nSPS) is 24.7. The minimum absolute atomic E-state index is 0.0669. The summed E-state index contributed by atoms with van der Waals surface area (Å²) < 4.78 is 15.9. The molecule has 0 unspecified atom stereocenters. The smallest absolute Gasteiger partial charge is 0.249 e. The lowest BCUT2D eigenvalue weighted by molar-refractivity contribution is -0.124. The molecule has 2 atom stereocenters. The van der Waals surface area contributed by atoms with Gasteiger partial charge in [-0.2, -0.15) is 10.4 Å². The van der Waals surface area contributed by atoms with Gasteiger partial charge in [-0.25, -0.2) is 13.9 Å². The number of fused-ring (bicyclic) bond motifs is 1. The van der Waals surface area contributed by atoms with E-state index in [1.807, 2.05) is 13.0 Å². The van der Waals surface area contributed by atoms with Crippen molar-refractivity contribution in [3.8, 4) is 17.3 Å². The maximum absolute atomic E-state index is 14.5. The lowest BCUT2D eigenvalue weighted by atomic mass is 9.75. The van der Waals surface area contributed by atoms with Crippen LogP contribution in [0.4, 0.5) is 10.2 Å². The average Bonchev–Trinajstić information content (AvgIpc) is 3.45. The van der Waals surface area contributed by atoms with E-state index in [4.69, 9.17) is 0 Å². The Morgan fingerprint density at radius 3 is 2.86 bits per heavy atom. The molecule has 1 aliphatic carbocycles. The predicted octanol–water partition coefficient (Wildman–Crippen LogP) is 2.83. The molecule has 4 heterocycles. The van der Waals surface area contributed by atoms with Crippen molar-refractivity contribution in [2.75, 3.05) is 11.4 Å². The molecule has 8 heteroatoms. The number of anilines is 1. The van der Waals surface area contributed by atoms with Gasteiger partial charge in [0, 0.05) is 30.4 Å². The van der Waals surface area contributed by atoms with Crippen LogP contribution in [0, 0.1) is 34.4 Å². The summed E-state index contributed by atoms with van der Waals surface area (Å²) in [4.78, 5) is 23.5. The summed E-state index contributed by atoms with van der Waals surface area (Å²) >= 11 is 0. The zero-order valence-corrected chi connectivity index (χ0v) is 15.2. The minimum atomic E-state index is -1.06. The van der Waals surface area contributed by atoms with Crippen LogP contribution in [0.5, 0.6) is 0 Å². The van der Waals surface area contributed by atoms with Crippen LogP contribution in [0.3, 0.4) is 0 Å². The number of aromatic nitrogens is 4. The topological polar surface area (TPSA) is 87.2 Å². The van der Waals surface area contributed by atoms with E-state index in [-0.39, 0.29) is 29.1 Å². The summed E-state index contributed by atoms with van der Waals surface area (Å²) in [5, 5.41) is 13.9. The van der Waals surface area contributed by atoms with E-state index in [0.29, 0.717) is 12.2 Å². The van der Waals surface area contributed by atoms with E-state index < -0.39 is 11.2 Å². The highest BCUT2D eigenvalue weighted by atomic mass is 19.1. The van der Waals surface area contributed by atoms with Crippen LogP contribution in [0.15, 0.2) is 36.9 Å². The molecule has 0 radical (unpaired) electrons. The number of amides is 1. The van der Waals surface area contributed by atoms with E-state index in [1.54, 1.807) is 24.7 Å². The third-order valence-corrected chi connectivity index (χ3v) is 5.89. The Bertz CT molecular complexity index is 1130. The number of carbonyl (C=O) groups excluding carboxylic acids is 1. The van der Waals surface area contributed by atoms with Crippen molar-refractivity contribution < 1.29 is 9.18 Å². The molecule has 2 fully saturated rings. The molecular weight excluding hydrogens is 359 g/mol. The first-order chi connectivity index (χ1) is 13.6. The molecule has 7 nitrogen and oxygen atoms in total. The molecule has 1 saturated heterocycles. The number of nitriles is 1. The standard InChI is InChI=1S/C20H17FN6O/c1-12-9-26(19(28)20(12,11-22)14-4-5-14)18-17-15(21)8-24-27(17)10-16(25-18)13-3-2-6-23-7-13/h2-3,6-8,10,12,14H,4-5,9H2,1H3/t12-,20+/m1/s1. The third kappa shape index (κ3) is 2.19. The molecule has 0 spiro atoms. The molecule has 3 aromatic heterocycles. The summed E-state index contributed by atoms with van der Waals surface area (Å²) in [6, 6.07) is 5.91. The largest absolute Gasteiger partial charge is 0.293 e. The van der Waals surface area contributed by atoms with Crippen LogP contribution in [0.1, 0.15) is 19.8 Å². The highest BCUT2D eigenvalue weighted by molar-refractivity contribution is 6.04. The number of carbonyl (C=O) groups is 1. The Morgan fingerprint density at radius 1 is 1.36 bits per heavy atom. The average molecular weight is 376 g/mol. The summed E-state index contributed by atoms with van der Waals surface area (Å²) in [7, 11) is 0. The second-order valence-corrected chi connectivity index (χ2v) is 7.55. The van der Waals surface area contributed by atoms with E-state index in [0.717, 1.165) is 24.6 Å². The monoisotopic (exact) mass is 376 g/mol. The van der Waals surface area contributed by atoms with Crippen molar-refractivity contribution in [3.63, 3.8) is 0 Å². The third-order valence-electron chi connectivity index (χ3n) is 5.89. The summed E-state index contributed by atoms with van der Waals surface area (Å²) in [5.41, 5.74) is 0.340. The van der Waals surface area contributed by atoms with Crippen molar-refractivity contribution >= 4 is 17.2 Å². The molecule has 1 saturated carbocycles. The van der Waals surface area contributed by atoms with Crippen LogP contribution in [-0.2, 0) is 4.79 Å². The number of nitrogens with zero attached hydrogens (tertiary/aromatic N) is 6. The Labute approximate surface area is 160 Å². The SMILES string of the molecule is C[C@@H]1CN(c2nc(-c3cccnc3)cn3ncc(F)c23)C(=O)[C@]1(C#N)C1CC1. The van der Waals surface area contributed by atoms with E-state index in [2.05, 4.69) is 21.1 Å². The molecule has 1 aliphatic heterocycles. The molecule has 0 bridgehead atoms. The van der Waals surface area contributed by atoms with Crippen LogP contribution >= 0.6 is 0 Å². The molecule has 5 rings (SSSR count). The molecule has 140 valence electrons.